The van der Waals surface area contributed by atoms with Gasteiger partial charge in [0.2, 0.25) is 0 Å². The third kappa shape index (κ3) is 1.93. The van der Waals surface area contributed by atoms with Gasteiger partial charge >= 0.3 is 5.97 Å². The van der Waals surface area contributed by atoms with E-state index < -0.39 is 5.97 Å². The second kappa shape index (κ2) is 3.22. The lowest BCUT2D eigenvalue weighted by Gasteiger charge is -2.32. The van der Waals surface area contributed by atoms with Crippen molar-refractivity contribution in [2.75, 3.05) is 13.6 Å². The van der Waals surface area contributed by atoms with E-state index in [1.165, 1.54) is 0 Å². The topological polar surface area (TPSA) is 40.5 Å². The molecule has 0 spiro atoms. The Kier molecular flexibility index (Phi) is 2.49. The molecule has 0 bridgehead atoms. The minimum Gasteiger partial charge on any atom is -0.480 e. The molecule has 1 aliphatic rings. The molecule has 0 aliphatic carbocycles. The molecule has 1 heterocycles. The average Bonchev–Trinajstić information content (AvgIpc) is 1.94. The molecule has 1 fully saturated rings. The fourth-order valence-corrected chi connectivity index (χ4v) is 1.55. The predicted molar refractivity (Wildman–Crippen MR) is 42.5 cm³/mol. The Morgan fingerprint density at radius 1 is 1.64 bits per heavy atom. The summed E-state index contributed by atoms with van der Waals surface area (Å²) in [6.45, 7) is 3.03. The maximum atomic E-state index is 10.7. The minimum absolute atomic E-state index is 0.251. The lowest BCUT2D eigenvalue weighted by atomic mass is 9.93. The van der Waals surface area contributed by atoms with Crippen molar-refractivity contribution < 1.29 is 9.90 Å². The molecule has 0 aromatic carbocycles. The Morgan fingerprint density at radius 2 is 2.27 bits per heavy atom. The van der Waals surface area contributed by atoms with E-state index in [4.69, 9.17) is 5.11 Å². The van der Waals surface area contributed by atoms with E-state index in [-0.39, 0.29) is 6.04 Å². The number of likely N-dealkylation sites (N-methyl/N-ethyl adjacent to an activating group) is 1. The standard InChI is InChI=1S/C8H15NO2/c1-6-3-4-9(2)7(5-6)8(10)11/h6-7H,3-5H2,1-2H3,(H,10,11)/t6-,7?/m1/s1. The fourth-order valence-electron chi connectivity index (χ4n) is 1.55. The van der Waals surface area contributed by atoms with E-state index in [2.05, 4.69) is 6.92 Å². The van der Waals surface area contributed by atoms with Crippen molar-refractivity contribution in [3.63, 3.8) is 0 Å². The molecule has 3 nitrogen and oxygen atoms in total. The maximum absolute atomic E-state index is 10.7. The highest BCUT2D eigenvalue weighted by atomic mass is 16.4. The highest BCUT2D eigenvalue weighted by Crippen LogP contribution is 2.20. The largest absolute Gasteiger partial charge is 0.480 e. The Hall–Kier alpha value is -0.570. The number of likely N-dealkylation sites (tertiary alicyclic amines) is 1. The van der Waals surface area contributed by atoms with Crippen molar-refractivity contribution in [3.05, 3.63) is 0 Å². The van der Waals surface area contributed by atoms with Gasteiger partial charge in [0.15, 0.2) is 0 Å². The van der Waals surface area contributed by atoms with Crippen LogP contribution in [0.2, 0.25) is 0 Å². The van der Waals surface area contributed by atoms with Gasteiger partial charge in [0.05, 0.1) is 0 Å². The second-order valence-corrected chi connectivity index (χ2v) is 3.46. The molecule has 2 atom stereocenters. The highest BCUT2D eigenvalue weighted by molar-refractivity contribution is 5.73. The van der Waals surface area contributed by atoms with E-state index in [9.17, 15) is 4.79 Å². The molecule has 0 aromatic heterocycles. The first-order valence-corrected chi connectivity index (χ1v) is 4.04. The van der Waals surface area contributed by atoms with Crippen LogP contribution in [0.5, 0.6) is 0 Å². The van der Waals surface area contributed by atoms with E-state index >= 15 is 0 Å². The molecular weight excluding hydrogens is 142 g/mol. The van der Waals surface area contributed by atoms with Crippen molar-refractivity contribution in [1.29, 1.82) is 0 Å². The van der Waals surface area contributed by atoms with Crippen LogP contribution >= 0.6 is 0 Å². The number of carboxylic acid groups (broad SMARTS) is 1. The number of carboxylic acids is 1. The van der Waals surface area contributed by atoms with Crippen LogP contribution in [0.3, 0.4) is 0 Å². The Bertz CT molecular complexity index is 158. The number of aliphatic carboxylic acids is 1. The summed E-state index contributed by atoms with van der Waals surface area (Å²) in [7, 11) is 1.88. The van der Waals surface area contributed by atoms with Crippen LogP contribution < -0.4 is 0 Å². The van der Waals surface area contributed by atoms with Crippen molar-refractivity contribution in [3.8, 4) is 0 Å². The highest BCUT2D eigenvalue weighted by Gasteiger charge is 2.28. The Labute approximate surface area is 67.0 Å². The van der Waals surface area contributed by atoms with Crippen molar-refractivity contribution >= 4 is 5.97 Å². The first kappa shape index (κ1) is 8.53. The van der Waals surface area contributed by atoms with Gasteiger partial charge < -0.3 is 5.11 Å². The lowest BCUT2D eigenvalue weighted by Crippen LogP contribution is -2.44. The zero-order chi connectivity index (χ0) is 8.43. The normalized spacial score (nSPS) is 33.6. The molecule has 1 aliphatic heterocycles. The van der Waals surface area contributed by atoms with Crippen LogP contribution in [0.15, 0.2) is 0 Å². The van der Waals surface area contributed by atoms with Gasteiger partial charge in [0.1, 0.15) is 6.04 Å². The molecule has 0 radical (unpaired) electrons. The summed E-state index contributed by atoms with van der Waals surface area (Å²) in [5.74, 6) is -0.119. The van der Waals surface area contributed by atoms with Gasteiger partial charge in [-0.3, -0.25) is 9.69 Å². The molecule has 1 rings (SSSR count). The summed E-state index contributed by atoms with van der Waals surface area (Å²) in [5.41, 5.74) is 0. The molecule has 0 aromatic rings. The SMILES string of the molecule is C[C@@H]1CCN(C)C(C(=O)O)C1. The number of hydrogen-bond acceptors (Lipinski definition) is 2. The summed E-state index contributed by atoms with van der Waals surface area (Å²) in [6.07, 6.45) is 1.92. The monoisotopic (exact) mass is 157 g/mol. The Morgan fingerprint density at radius 3 is 2.73 bits per heavy atom. The first-order valence-electron chi connectivity index (χ1n) is 4.04. The van der Waals surface area contributed by atoms with Crippen molar-refractivity contribution in [1.82, 2.24) is 4.90 Å². The molecule has 0 amide bonds. The zero-order valence-corrected chi connectivity index (χ0v) is 7.08. The van der Waals surface area contributed by atoms with Crippen LogP contribution in [0.25, 0.3) is 0 Å². The van der Waals surface area contributed by atoms with E-state index in [0.29, 0.717) is 5.92 Å². The van der Waals surface area contributed by atoms with Gasteiger partial charge in [0.25, 0.3) is 0 Å². The third-order valence-electron chi connectivity index (χ3n) is 2.42. The third-order valence-corrected chi connectivity index (χ3v) is 2.42. The van der Waals surface area contributed by atoms with Crippen LogP contribution in [0.1, 0.15) is 19.8 Å². The van der Waals surface area contributed by atoms with Gasteiger partial charge in [-0.15, -0.1) is 0 Å². The number of carbonyl (C=O) groups is 1. The van der Waals surface area contributed by atoms with Gasteiger partial charge in [-0.05, 0) is 32.4 Å². The second-order valence-electron chi connectivity index (χ2n) is 3.46. The van der Waals surface area contributed by atoms with E-state index in [0.717, 1.165) is 19.4 Å². The predicted octanol–water partition coefficient (Wildman–Crippen LogP) is 0.801. The number of piperidine rings is 1. The lowest BCUT2D eigenvalue weighted by molar-refractivity contribution is -0.144. The quantitative estimate of drug-likeness (QED) is 0.612. The van der Waals surface area contributed by atoms with Crippen LogP contribution in [0, 0.1) is 5.92 Å². The summed E-state index contributed by atoms with van der Waals surface area (Å²) in [5, 5.41) is 8.78. The zero-order valence-electron chi connectivity index (χ0n) is 7.08. The summed E-state index contributed by atoms with van der Waals surface area (Å²) >= 11 is 0. The summed E-state index contributed by atoms with van der Waals surface area (Å²) < 4.78 is 0. The fraction of sp³-hybridized carbons (Fsp3) is 0.875. The van der Waals surface area contributed by atoms with E-state index in [1.807, 2.05) is 11.9 Å². The summed E-state index contributed by atoms with van der Waals surface area (Å²) in [6, 6.07) is -0.251. The molecular formula is C8H15NO2. The van der Waals surface area contributed by atoms with Crippen LogP contribution in [0.4, 0.5) is 0 Å². The van der Waals surface area contributed by atoms with E-state index in [1.54, 1.807) is 0 Å². The Balaban J connectivity index is 2.54. The van der Waals surface area contributed by atoms with Gasteiger partial charge in [-0.25, -0.2) is 0 Å². The maximum Gasteiger partial charge on any atom is 0.320 e. The molecule has 1 N–H and O–H groups in total. The molecule has 1 unspecified atom stereocenters. The van der Waals surface area contributed by atoms with Crippen LogP contribution in [-0.2, 0) is 4.79 Å². The molecule has 0 saturated carbocycles. The molecule has 1 saturated heterocycles. The summed E-state index contributed by atoms with van der Waals surface area (Å²) in [4.78, 5) is 12.6. The van der Waals surface area contributed by atoms with Gasteiger partial charge in [-0.1, -0.05) is 6.92 Å². The average molecular weight is 157 g/mol. The smallest absolute Gasteiger partial charge is 0.320 e. The van der Waals surface area contributed by atoms with Crippen molar-refractivity contribution in [2.45, 2.75) is 25.8 Å². The van der Waals surface area contributed by atoms with Crippen molar-refractivity contribution in [2.24, 2.45) is 5.92 Å². The molecule has 11 heavy (non-hydrogen) atoms. The van der Waals surface area contributed by atoms with Gasteiger partial charge in [0, 0.05) is 0 Å². The molecule has 64 valence electrons. The number of rotatable bonds is 1. The van der Waals surface area contributed by atoms with Gasteiger partial charge in [-0.2, -0.15) is 0 Å². The number of hydrogen-bond donors (Lipinski definition) is 1. The first-order chi connectivity index (χ1) is 5.11. The minimum atomic E-state index is -0.681. The van der Waals surface area contributed by atoms with Crippen LogP contribution in [-0.4, -0.2) is 35.6 Å². The number of nitrogens with zero attached hydrogens (tertiary/aromatic N) is 1. The molecule has 3 heteroatoms.